The van der Waals surface area contributed by atoms with Gasteiger partial charge in [0.15, 0.2) is 5.96 Å². The first-order valence-corrected chi connectivity index (χ1v) is 9.04. The number of nitrogens with two attached hydrogens (primary N) is 1. The van der Waals surface area contributed by atoms with Gasteiger partial charge in [-0.3, -0.25) is 4.99 Å². The molecule has 0 radical (unpaired) electrons. The minimum atomic E-state index is -3.47. The van der Waals surface area contributed by atoms with E-state index in [0.717, 1.165) is 0 Å². The average Bonchev–Trinajstić information content (AvgIpc) is 2.44. The molecular weight excluding hydrogens is 427 g/mol. The van der Waals surface area contributed by atoms with Crippen molar-refractivity contribution in [3.8, 4) is 0 Å². The molecule has 0 atom stereocenters. The Morgan fingerprint density at radius 1 is 1.22 bits per heavy atom. The predicted molar refractivity (Wildman–Crippen MR) is 107 cm³/mol. The molecule has 0 heterocycles. The first kappa shape index (κ1) is 22.1. The minimum absolute atomic E-state index is 0. The van der Waals surface area contributed by atoms with Crippen LogP contribution in [0.2, 0.25) is 0 Å². The zero-order chi connectivity index (χ0) is 16.6. The summed E-state index contributed by atoms with van der Waals surface area (Å²) in [7, 11) is -3.47. The Kier molecular flexibility index (Phi) is 9.71. The van der Waals surface area contributed by atoms with Crippen molar-refractivity contribution in [2.45, 2.75) is 26.2 Å². The van der Waals surface area contributed by atoms with Crippen molar-refractivity contribution in [2.24, 2.45) is 10.1 Å². The van der Waals surface area contributed by atoms with Gasteiger partial charge in [-0.1, -0.05) is 44.2 Å². The highest BCUT2D eigenvalue weighted by Gasteiger charge is 2.20. The normalized spacial score (nSPS) is 12.4. The summed E-state index contributed by atoms with van der Waals surface area (Å²) in [5.41, 5.74) is 1.10. The lowest BCUT2D eigenvalue weighted by atomic mass is 9.85. The van der Waals surface area contributed by atoms with Crippen LogP contribution in [0.4, 0.5) is 0 Å². The zero-order valence-electron chi connectivity index (χ0n) is 13.9. The fourth-order valence-corrected chi connectivity index (χ4v) is 2.30. The van der Waals surface area contributed by atoms with Crippen LogP contribution in [0, 0.1) is 0 Å². The van der Waals surface area contributed by atoms with Crippen molar-refractivity contribution in [1.82, 2.24) is 10.6 Å². The molecule has 6 nitrogen and oxygen atoms in total. The molecule has 1 aromatic rings. The first-order chi connectivity index (χ1) is 10.2. The molecule has 132 valence electrons. The molecule has 0 saturated heterocycles. The van der Waals surface area contributed by atoms with Gasteiger partial charge in [0.1, 0.15) is 0 Å². The van der Waals surface area contributed by atoms with Gasteiger partial charge in [0.25, 0.3) is 0 Å². The minimum Gasteiger partial charge on any atom is -0.357 e. The lowest BCUT2D eigenvalue weighted by Crippen LogP contribution is -2.41. The predicted octanol–water partition coefficient (Wildman–Crippen LogP) is 1.43. The van der Waals surface area contributed by atoms with E-state index in [1.165, 1.54) is 5.56 Å². The first-order valence-electron chi connectivity index (χ1n) is 7.33. The highest BCUT2D eigenvalue weighted by atomic mass is 127. The van der Waals surface area contributed by atoms with Crippen molar-refractivity contribution in [1.29, 1.82) is 0 Å². The second-order valence-electron chi connectivity index (χ2n) is 5.74. The number of aliphatic imine (C=N–C) groups is 1. The largest absolute Gasteiger partial charge is 0.357 e. The lowest BCUT2D eigenvalue weighted by Gasteiger charge is -2.23. The van der Waals surface area contributed by atoms with Gasteiger partial charge in [0, 0.05) is 18.5 Å². The van der Waals surface area contributed by atoms with E-state index in [-0.39, 0.29) is 41.7 Å². The summed E-state index contributed by atoms with van der Waals surface area (Å²) in [6, 6.07) is 10.2. The van der Waals surface area contributed by atoms with Crippen LogP contribution < -0.4 is 15.8 Å². The Balaban J connectivity index is 0.00000484. The Labute approximate surface area is 156 Å². The van der Waals surface area contributed by atoms with E-state index in [1.807, 2.05) is 25.1 Å². The summed E-state index contributed by atoms with van der Waals surface area (Å²) in [6.07, 6.45) is 0. The second-order valence-corrected chi connectivity index (χ2v) is 7.47. The molecule has 0 aliphatic rings. The standard InChI is InChI=1S/C15H26N4O2S.HI/c1-4-17-14(18-10-11-22(16,20)21)19-12-15(2,3)13-8-6-5-7-9-13;/h5-9H,4,10-12H2,1-3H3,(H2,16,20,21)(H2,17,18,19);1H. The zero-order valence-corrected chi connectivity index (χ0v) is 17.0. The van der Waals surface area contributed by atoms with Crippen LogP contribution >= 0.6 is 24.0 Å². The van der Waals surface area contributed by atoms with Crippen LogP contribution in [0.5, 0.6) is 0 Å². The number of nitrogens with zero attached hydrogens (tertiary/aromatic N) is 1. The molecule has 0 bridgehead atoms. The third-order valence-corrected chi connectivity index (χ3v) is 3.98. The summed E-state index contributed by atoms with van der Waals surface area (Å²) >= 11 is 0. The van der Waals surface area contributed by atoms with Crippen LogP contribution in [-0.2, 0) is 15.4 Å². The molecule has 4 N–H and O–H groups in total. The molecule has 0 aliphatic heterocycles. The molecule has 0 amide bonds. The number of sulfonamides is 1. The van der Waals surface area contributed by atoms with E-state index in [0.29, 0.717) is 19.0 Å². The Morgan fingerprint density at radius 3 is 2.35 bits per heavy atom. The quantitative estimate of drug-likeness (QED) is 0.330. The molecular formula is C15H27IN4O2S. The van der Waals surface area contributed by atoms with Crippen molar-refractivity contribution in [2.75, 3.05) is 25.4 Å². The summed E-state index contributed by atoms with van der Waals surface area (Å²) in [4.78, 5) is 4.54. The van der Waals surface area contributed by atoms with Gasteiger partial charge in [-0.05, 0) is 12.5 Å². The van der Waals surface area contributed by atoms with Crippen LogP contribution in [0.1, 0.15) is 26.3 Å². The van der Waals surface area contributed by atoms with Gasteiger partial charge in [-0.15, -0.1) is 24.0 Å². The van der Waals surface area contributed by atoms with Crippen LogP contribution in [0.15, 0.2) is 35.3 Å². The highest BCUT2D eigenvalue weighted by molar-refractivity contribution is 14.0. The number of guanidine groups is 1. The number of halogens is 1. The van der Waals surface area contributed by atoms with Crippen molar-refractivity contribution >= 4 is 40.0 Å². The van der Waals surface area contributed by atoms with Gasteiger partial charge < -0.3 is 10.6 Å². The third-order valence-electron chi connectivity index (χ3n) is 3.21. The number of hydrogen-bond donors (Lipinski definition) is 3. The van der Waals surface area contributed by atoms with E-state index >= 15 is 0 Å². The Morgan fingerprint density at radius 2 is 1.83 bits per heavy atom. The fraction of sp³-hybridized carbons (Fsp3) is 0.533. The van der Waals surface area contributed by atoms with E-state index in [2.05, 4.69) is 41.6 Å². The van der Waals surface area contributed by atoms with Crippen molar-refractivity contribution in [3.05, 3.63) is 35.9 Å². The van der Waals surface area contributed by atoms with Gasteiger partial charge in [0.05, 0.1) is 12.3 Å². The van der Waals surface area contributed by atoms with Crippen LogP contribution in [0.3, 0.4) is 0 Å². The second kappa shape index (κ2) is 10.1. The molecule has 0 aliphatic carbocycles. The summed E-state index contributed by atoms with van der Waals surface area (Å²) < 4.78 is 21.9. The maximum absolute atomic E-state index is 11.0. The van der Waals surface area contributed by atoms with Gasteiger partial charge >= 0.3 is 0 Å². The molecule has 0 saturated carbocycles. The number of primary sulfonamides is 1. The maximum atomic E-state index is 11.0. The fourth-order valence-electron chi connectivity index (χ4n) is 1.91. The van der Waals surface area contributed by atoms with E-state index in [1.54, 1.807) is 0 Å². The average molecular weight is 454 g/mol. The van der Waals surface area contributed by atoms with Crippen LogP contribution in [-0.4, -0.2) is 39.8 Å². The Hall–Kier alpha value is -0.870. The van der Waals surface area contributed by atoms with Gasteiger partial charge in [-0.2, -0.15) is 0 Å². The highest BCUT2D eigenvalue weighted by Crippen LogP contribution is 2.22. The van der Waals surface area contributed by atoms with E-state index < -0.39 is 10.0 Å². The van der Waals surface area contributed by atoms with Crippen molar-refractivity contribution < 1.29 is 8.42 Å². The van der Waals surface area contributed by atoms with E-state index in [4.69, 9.17) is 5.14 Å². The molecule has 0 unspecified atom stereocenters. The molecule has 23 heavy (non-hydrogen) atoms. The van der Waals surface area contributed by atoms with E-state index in [9.17, 15) is 8.42 Å². The number of nitrogens with one attached hydrogen (secondary N) is 2. The van der Waals surface area contributed by atoms with Gasteiger partial charge in [-0.25, -0.2) is 13.6 Å². The monoisotopic (exact) mass is 454 g/mol. The number of rotatable bonds is 7. The van der Waals surface area contributed by atoms with Gasteiger partial charge in [0.2, 0.25) is 10.0 Å². The number of benzene rings is 1. The molecule has 1 rings (SSSR count). The van der Waals surface area contributed by atoms with Crippen LogP contribution in [0.25, 0.3) is 0 Å². The summed E-state index contributed by atoms with van der Waals surface area (Å²) in [5.74, 6) is 0.467. The van der Waals surface area contributed by atoms with Crippen molar-refractivity contribution in [3.63, 3.8) is 0 Å². The summed E-state index contributed by atoms with van der Waals surface area (Å²) in [5, 5.41) is 11.1. The molecule has 0 fully saturated rings. The molecule has 0 spiro atoms. The smallest absolute Gasteiger partial charge is 0.210 e. The lowest BCUT2D eigenvalue weighted by molar-refractivity contribution is 0.537. The topological polar surface area (TPSA) is 96.6 Å². The SMILES string of the molecule is CCNC(=NCC(C)(C)c1ccccc1)NCCS(N)(=O)=O.I. The molecule has 0 aromatic heterocycles. The third kappa shape index (κ3) is 9.11. The molecule has 1 aromatic carbocycles. The maximum Gasteiger partial charge on any atom is 0.210 e. The Bertz CT molecular complexity index is 589. The molecule has 8 heteroatoms. The number of hydrogen-bond acceptors (Lipinski definition) is 3. The summed E-state index contributed by atoms with van der Waals surface area (Å²) in [6.45, 7) is 7.73.